The molecule has 1 aromatic rings. The quantitative estimate of drug-likeness (QED) is 0.452. The third kappa shape index (κ3) is 4.28. The number of H-pyrrole nitrogens is 2. The Balaban J connectivity index is 2.34. The Morgan fingerprint density at radius 2 is 2.19 bits per heavy atom. The molecule has 16 heavy (non-hydrogen) atoms. The van der Waals surface area contributed by atoms with E-state index in [0.29, 0.717) is 0 Å². The van der Waals surface area contributed by atoms with Gasteiger partial charge in [0.05, 0.1) is 5.75 Å². The van der Waals surface area contributed by atoms with Gasteiger partial charge in [-0.05, 0) is 6.42 Å². The van der Waals surface area contributed by atoms with Crippen LogP contribution in [0.4, 0.5) is 0 Å². The standard InChI is InChI=1S/C7H12N4O4S/c8-16(14,15)3-1-2-9-6(12)5-4-10-7(13)11-5/h4H,1-3H2,(H,9,12)(H2,8,14,15)(H2,10,11,13). The predicted molar refractivity (Wildman–Crippen MR) is 56.3 cm³/mol. The highest BCUT2D eigenvalue weighted by Crippen LogP contribution is 1.88. The summed E-state index contributed by atoms with van der Waals surface area (Å²) >= 11 is 0. The number of imidazole rings is 1. The van der Waals surface area contributed by atoms with Crippen molar-refractivity contribution in [1.82, 2.24) is 15.3 Å². The number of primary sulfonamides is 1. The Bertz CT molecular complexity index is 514. The first kappa shape index (κ1) is 12.5. The molecule has 1 amide bonds. The lowest BCUT2D eigenvalue weighted by Gasteiger charge is -2.01. The Labute approximate surface area is 91.3 Å². The third-order valence-electron chi connectivity index (χ3n) is 1.73. The van der Waals surface area contributed by atoms with Crippen molar-refractivity contribution in [2.75, 3.05) is 12.3 Å². The molecule has 0 aliphatic heterocycles. The maximum Gasteiger partial charge on any atom is 0.323 e. The van der Waals surface area contributed by atoms with Gasteiger partial charge >= 0.3 is 5.69 Å². The van der Waals surface area contributed by atoms with Crippen molar-refractivity contribution in [3.63, 3.8) is 0 Å². The minimum Gasteiger partial charge on any atom is -0.351 e. The van der Waals surface area contributed by atoms with Crippen molar-refractivity contribution >= 4 is 15.9 Å². The van der Waals surface area contributed by atoms with Crippen LogP contribution in [0.1, 0.15) is 16.9 Å². The predicted octanol–water partition coefficient (Wildman–Crippen LogP) is -1.89. The first-order chi connectivity index (χ1) is 7.38. The smallest absolute Gasteiger partial charge is 0.323 e. The summed E-state index contributed by atoms with van der Waals surface area (Å²) in [4.78, 5) is 26.5. The zero-order chi connectivity index (χ0) is 12.2. The Hall–Kier alpha value is -1.61. The van der Waals surface area contributed by atoms with E-state index in [-0.39, 0.29) is 24.4 Å². The second kappa shape index (κ2) is 4.94. The zero-order valence-electron chi connectivity index (χ0n) is 8.32. The van der Waals surface area contributed by atoms with E-state index >= 15 is 0 Å². The number of aromatic nitrogens is 2. The molecule has 0 aliphatic rings. The molecule has 0 spiro atoms. The molecule has 8 nitrogen and oxygen atoms in total. The number of hydrogen-bond donors (Lipinski definition) is 4. The number of rotatable bonds is 5. The lowest BCUT2D eigenvalue weighted by atomic mass is 10.4. The van der Waals surface area contributed by atoms with Crippen LogP contribution in [0.3, 0.4) is 0 Å². The van der Waals surface area contributed by atoms with Gasteiger partial charge in [0.2, 0.25) is 10.0 Å². The van der Waals surface area contributed by atoms with Gasteiger partial charge in [-0.1, -0.05) is 0 Å². The van der Waals surface area contributed by atoms with Crippen LogP contribution in [0.5, 0.6) is 0 Å². The Kier molecular flexibility index (Phi) is 3.85. The van der Waals surface area contributed by atoms with Gasteiger partial charge in [-0.25, -0.2) is 18.4 Å². The van der Waals surface area contributed by atoms with Crippen LogP contribution < -0.4 is 16.1 Å². The highest BCUT2D eigenvalue weighted by Gasteiger charge is 2.07. The molecule has 1 rings (SSSR count). The van der Waals surface area contributed by atoms with Crippen LogP contribution in [-0.4, -0.2) is 36.6 Å². The van der Waals surface area contributed by atoms with E-state index in [1.54, 1.807) is 0 Å². The molecule has 0 aromatic carbocycles. The van der Waals surface area contributed by atoms with Gasteiger partial charge in [0.1, 0.15) is 5.69 Å². The molecule has 0 fully saturated rings. The van der Waals surface area contributed by atoms with Gasteiger partial charge in [-0.15, -0.1) is 0 Å². The fourth-order valence-electron chi connectivity index (χ4n) is 1.03. The number of amides is 1. The summed E-state index contributed by atoms with van der Waals surface area (Å²) in [6.07, 6.45) is 1.45. The number of nitrogens with one attached hydrogen (secondary N) is 3. The van der Waals surface area contributed by atoms with E-state index in [4.69, 9.17) is 5.14 Å². The fourth-order valence-corrected chi connectivity index (χ4v) is 1.57. The zero-order valence-corrected chi connectivity index (χ0v) is 9.13. The second-order valence-electron chi connectivity index (χ2n) is 3.13. The van der Waals surface area contributed by atoms with Crippen LogP contribution >= 0.6 is 0 Å². The van der Waals surface area contributed by atoms with Crippen molar-refractivity contribution in [2.24, 2.45) is 5.14 Å². The fraction of sp³-hybridized carbons (Fsp3) is 0.429. The molecule has 0 bridgehead atoms. The van der Waals surface area contributed by atoms with E-state index < -0.39 is 21.6 Å². The minimum absolute atomic E-state index is 0.0978. The maximum absolute atomic E-state index is 11.3. The van der Waals surface area contributed by atoms with Gasteiger partial charge in [0.15, 0.2) is 0 Å². The van der Waals surface area contributed by atoms with E-state index in [1.807, 2.05) is 0 Å². The third-order valence-corrected chi connectivity index (χ3v) is 2.59. The second-order valence-corrected chi connectivity index (χ2v) is 4.87. The number of nitrogens with two attached hydrogens (primary N) is 1. The van der Waals surface area contributed by atoms with Gasteiger partial charge in [-0.2, -0.15) is 0 Å². The van der Waals surface area contributed by atoms with Crippen LogP contribution in [-0.2, 0) is 10.0 Å². The highest BCUT2D eigenvalue weighted by atomic mass is 32.2. The summed E-state index contributed by atoms with van der Waals surface area (Å²) in [6, 6.07) is 0. The summed E-state index contributed by atoms with van der Waals surface area (Å²) in [5.74, 6) is -0.676. The van der Waals surface area contributed by atoms with Crippen molar-refractivity contribution in [3.8, 4) is 0 Å². The number of hydrogen-bond acceptors (Lipinski definition) is 4. The average molecular weight is 248 g/mol. The molecular formula is C7H12N4O4S. The molecule has 9 heteroatoms. The average Bonchev–Trinajstić information content (AvgIpc) is 2.57. The van der Waals surface area contributed by atoms with E-state index in [2.05, 4.69) is 15.3 Å². The van der Waals surface area contributed by atoms with Crippen molar-refractivity contribution in [2.45, 2.75) is 6.42 Å². The number of carbonyl (C=O) groups excluding carboxylic acids is 1. The number of sulfonamides is 1. The molecule has 0 atom stereocenters. The number of carbonyl (C=O) groups is 1. The van der Waals surface area contributed by atoms with Crippen molar-refractivity contribution in [3.05, 3.63) is 22.4 Å². The molecule has 0 saturated carbocycles. The summed E-state index contributed by atoms with van der Waals surface area (Å²) in [5.41, 5.74) is -0.379. The van der Waals surface area contributed by atoms with Crippen molar-refractivity contribution < 1.29 is 13.2 Å². The van der Waals surface area contributed by atoms with E-state index in [9.17, 15) is 18.0 Å². The molecule has 0 radical (unpaired) electrons. The lowest BCUT2D eigenvalue weighted by molar-refractivity contribution is 0.0949. The normalized spacial score (nSPS) is 11.3. The first-order valence-electron chi connectivity index (χ1n) is 4.45. The molecule has 0 saturated heterocycles. The summed E-state index contributed by atoms with van der Waals surface area (Å²) in [6.45, 7) is 0.169. The first-order valence-corrected chi connectivity index (χ1v) is 6.16. The largest absolute Gasteiger partial charge is 0.351 e. The van der Waals surface area contributed by atoms with Gasteiger partial charge in [0, 0.05) is 12.7 Å². The maximum atomic E-state index is 11.3. The highest BCUT2D eigenvalue weighted by molar-refractivity contribution is 7.89. The number of aromatic amines is 2. The topological polar surface area (TPSA) is 138 Å². The van der Waals surface area contributed by atoms with Crippen molar-refractivity contribution in [1.29, 1.82) is 0 Å². The Morgan fingerprint density at radius 1 is 1.50 bits per heavy atom. The molecule has 5 N–H and O–H groups in total. The van der Waals surface area contributed by atoms with Crippen LogP contribution in [0, 0.1) is 0 Å². The van der Waals surface area contributed by atoms with Crippen LogP contribution in [0.25, 0.3) is 0 Å². The summed E-state index contributed by atoms with van der Waals surface area (Å²) in [5, 5.41) is 7.21. The monoisotopic (exact) mass is 248 g/mol. The molecule has 0 aliphatic carbocycles. The SMILES string of the molecule is NS(=O)(=O)CCCNC(=O)c1c[nH]c(=O)[nH]1. The van der Waals surface area contributed by atoms with Gasteiger partial charge in [0.25, 0.3) is 5.91 Å². The van der Waals surface area contributed by atoms with Gasteiger partial charge < -0.3 is 15.3 Å². The molecule has 1 heterocycles. The molecular weight excluding hydrogens is 236 g/mol. The minimum atomic E-state index is -3.50. The summed E-state index contributed by atoms with van der Waals surface area (Å²) < 4.78 is 21.1. The molecule has 1 aromatic heterocycles. The van der Waals surface area contributed by atoms with E-state index in [0.717, 1.165) is 0 Å². The van der Waals surface area contributed by atoms with Crippen LogP contribution in [0.15, 0.2) is 11.0 Å². The molecule has 0 unspecified atom stereocenters. The van der Waals surface area contributed by atoms with Crippen LogP contribution in [0.2, 0.25) is 0 Å². The summed E-state index contributed by atoms with van der Waals surface area (Å²) in [7, 11) is -3.50. The van der Waals surface area contributed by atoms with E-state index in [1.165, 1.54) is 6.20 Å². The van der Waals surface area contributed by atoms with Gasteiger partial charge in [-0.3, -0.25) is 4.79 Å². The Morgan fingerprint density at radius 3 is 2.69 bits per heavy atom. The molecule has 90 valence electrons. The lowest BCUT2D eigenvalue weighted by Crippen LogP contribution is -2.27.